The molecular weight excluding hydrogens is 426 g/mol. The predicted molar refractivity (Wildman–Crippen MR) is 146 cm³/mol. The van der Waals surface area contributed by atoms with Crippen molar-refractivity contribution in [1.82, 2.24) is 4.40 Å². The van der Waals surface area contributed by atoms with Crippen molar-refractivity contribution in [3.63, 3.8) is 0 Å². The lowest BCUT2D eigenvalue weighted by Crippen LogP contribution is -2.15. The number of aromatic nitrogens is 1. The zero-order chi connectivity index (χ0) is 23.1. The van der Waals surface area contributed by atoms with Crippen molar-refractivity contribution in [3.05, 3.63) is 102 Å². The number of hydrogen-bond acceptors (Lipinski definition) is 1. The van der Waals surface area contributed by atoms with Gasteiger partial charge < -0.3 is 8.82 Å². The van der Waals surface area contributed by atoms with Crippen molar-refractivity contribution in [3.8, 4) is 11.1 Å². The highest BCUT2D eigenvalue weighted by Gasteiger charge is 2.39. The molecule has 0 saturated carbocycles. The Morgan fingerprint density at radius 1 is 0.600 bits per heavy atom. The van der Waals surface area contributed by atoms with Crippen molar-refractivity contribution in [1.29, 1.82) is 0 Å². The normalized spacial score (nSPS) is 14.8. The van der Waals surface area contributed by atoms with Gasteiger partial charge in [-0.05, 0) is 46.5 Å². The van der Waals surface area contributed by atoms with E-state index in [-0.39, 0.29) is 5.41 Å². The number of fused-ring (bicyclic) bond motifs is 13. The second-order valence-corrected chi connectivity index (χ2v) is 10.6. The summed E-state index contributed by atoms with van der Waals surface area (Å²) < 4.78 is 8.78. The Balaban J connectivity index is 1.59. The van der Waals surface area contributed by atoms with Crippen molar-refractivity contribution in [2.45, 2.75) is 19.3 Å². The van der Waals surface area contributed by atoms with E-state index in [2.05, 4.69) is 103 Å². The minimum Gasteiger partial charge on any atom is -0.456 e. The van der Waals surface area contributed by atoms with Crippen LogP contribution in [0.4, 0.5) is 0 Å². The average molecular weight is 448 g/mol. The van der Waals surface area contributed by atoms with Crippen LogP contribution in [0, 0.1) is 0 Å². The topological polar surface area (TPSA) is 17.6 Å². The lowest BCUT2D eigenvalue weighted by molar-refractivity contribution is 0.666. The van der Waals surface area contributed by atoms with E-state index in [9.17, 15) is 0 Å². The Morgan fingerprint density at radius 3 is 2.29 bits per heavy atom. The van der Waals surface area contributed by atoms with Gasteiger partial charge in [-0.15, -0.1) is 0 Å². The molecule has 0 saturated heterocycles. The first-order chi connectivity index (χ1) is 17.1. The quantitative estimate of drug-likeness (QED) is 0.227. The van der Waals surface area contributed by atoms with Crippen molar-refractivity contribution < 1.29 is 4.42 Å². The van der Waals surface area contributed by atoms with Gasteiger partial charge in [-0.1, -0.05) is 74.5 Å². The van der Waals surface area contributed by atoms with Gasteiger partial charge in [-0.3, -0.25) is 0 Å². The molecule has 0 amide bonds. The minimum absolute atomic E-state index is 0.0575. The maximum absolute atomic E-state index is 6.31. The highest BCUT2D eigenvalue weighted by Crippen LogP contribution is 2.55. The maximum atomic E-state index is 6.31. The molecule has 1 aliphatic carbocycles. The molecule has 0 atom stereocenters. The molecule has 35 heavy (non-hydrogen) atoms. The van der Waals surface area contributed by atoms with Crippen molar-refractivity contribution >= 4 is 60.0 Å². The van der Waals surface area contributed by atoms with E-state index in [0.29, 0.717) is 0 Å². The molecule has 0 fully saturated rings. The van der Waals surface area contributed by atoms with Gasteiger partial charge in [-0.25, -0.2) is 0 Å². The molecule has 5 aromatic carbocycles. The average Bonchev–Trinajstić information content (AvgIpc) is 3.57. The monoisotopic (exact) mass is 447 g/mol. The molecule has 2 nitrogen and oxygen atoms in total. The second kappa shape index (κ2) is 5.67. The van der Waals surface area contributed by atoms with Gasteiger partial charge in [-0.2, -0.15) is 0 Å². The molecule has 0 bridgehead atoms. The number of furan rings is 1. The SMILES string of the molecule is CC1(C)c2ccccc2-c2cc3c4cc5c(cc4n4c6ccccc6c(c21)c34)oc1ccccc15. The third kappa shape index (κ3) is 1.93. The zero-order valence-corrected chi connectivity index (χ0v) is 19.5. The number of benzene rings is 5. The van der Waals surface area contributed by atoms with E-state index >= 15 is 0 Å². The van der Waals surface area contributed by atoms with Crippen molar-refractivity contribution in [2.75, 3.05) is 0 Å². The van der Waals surface area contributed by atoms with E-state index in [0.717, 1.165) is 11.2 Å². The molecule has 0 aliphatic heterocycles. The van der Waals surface area contributed by atoms with Crippen LogP contribution in [-0.4, -0.2) is 4.40 Å². The Bertz CT molecular complexity index is 2190. The van der Waals surface area contributed by atoms with Gasteiger partial charge in [0.1, 0.15) is 11.2 Å². The Morgan fingerprint density at radius 2 is 1.37 bits per heavy atom. The fourth-order valence-electron chi connectivity index (χ4n) is 7.04. The van der Waals surface area contributed by atoms with E-state index < -0.39 is 0 Å². The minimum atomic E-state index is -0.0575. The van der Waals surface area contributed by atoms with Gasteiger partial charge in [0.25, 0.3) is 0 Å². The molecular formula is C33H21NO. The summed E-state index contributed by atoms with van der Waals surface area (Å²) in [6.45, 7) is 4.76. The van der Waals surface area contributed by atoms with Crippen molar-refractivity contribution in [2.24, 2.45) is 0 Å². The van der Waals surface area contributed by atoms with Crippen LogP contribution < -0.4 is 0 Å². The van der Waals surface area contributed by atoms with Gasteiger partial charge in [0.2, 0.25) is 0 Å². The van der Waals surface area contributed by atoms with Crippen LogP contribution in [0.15, 0.2) is 95.4 Å². The highest BCUT2D eigenvalue weighted by molar-refractivity contribution is 6.28. The fourth-order valence-corrected chi connectivity index (χ4v) is 7.04. The van der Waals surface area contributed by atoms with Crippen LogP contribution in [0.5, 0.6) is 0 Å². The van der Waals surface area contributed by atoms with E-state index in [1.54, 1.807) is 0 Å². The summed E-state index contributed by atoms with van der Waals surface area (Å²) in [6.07, 6.45) is 0. The largest absolute Gasteiger partial charge is 0.456 e. The summed E-state index contributed by atoms with van der Waals surface area (Å²) in [5.74, 6) is 0. The molecule has 3 aromatic heterocycles. The molecule has 0 radical (unpaired) electrons. The number of hydrogen-bond donors (Lipinski definition) is 0. The predicted octanol–water partition coefficient (Wildman–Crippen LogP) is 9.04. The van der Waals surface area contributed by atoms with Crippen LogP contribution in [0.2, 0.25) is 0 Å². The van der Waals surface area contributed by atoms with Crippen LogP contribution in [0.25, 0.3) is 71.2 Å². The Hall–Kier alpha value is -4.30. The highest BCUT2D eigenvalue weighted by atomic mass is 16.3. The summed E-state index contributed by atoms with van der Waals surface area (Å²) in [5.41, 5.74) is 11.3. The second-order valence-electron chi connectivity index (χ2n) is 10.6. The summed E-state index contributed by atoms with van der Waals surface area (Å²) in [4.78, 5) is 0. The van der Waals surface area contributed by atoms with Crippen LogP contribution in [-0.2, 0) is 5.41 Å². The third-order valence-corrected chi connectivity index (χ3v) is 8.48. The summed E-state index contributed by atoms with van der Waals surface area (Å²) >= 11 is 0. The van der Waals surface area contributed by atoms with E-state index in [4.69, 9.17) is 4.42 Å². The first-order valence-corrected chi connectivity index (χ1v) is 12.3. The lowest BCUT2D eigenvalue weighted by Gasteiger charge is -2.22. The zero-order valence-electron chi connectivity index (χ0n) is 19.5. The number of rotatable bonds is 0. The smallest absolute Gasteiger partial charge is 0.137 e. The van der Waals surface area contributed by atoms with E-state index in [1.165, 1.54) is 71.1 Å². The first kappa shape index (κ1) is 18.1. The van der Waals surface area contributed by atoms with Gasteiger partial charge in [0.15, 0.2) is 0 Å². The lowest BCUT2D eigenvalue weighted by atomic mass is 9.80. The molecule has 2 heteroatoms. The Kier molecular flexibility index (Phi) is 2.93. The van der Waals surface area contributed by atoms with Crippen LogP contribution in [0.1, 0.15) is 25.0 Å². The summed E-state index contributed by atoms with van der Waals surface area (Å²) in [7, 11) is 0. The molecule has 9 rings (SSSR count). The van der Waals surface area contributed by atoms with E-state index in [1.807, 2.05) is 6.07 Å². The maximum Gasteiger partial charge on any atom is 0.137 e. The molecule has 164 valence electrons. The molecule has 1 aliphatic rings. The summed E-state index contributed by atoms with van der Waals surface area (Å²) in [6, 6.07) is 33.2. The third-order valence-electron chi connectivity index (χ3n) is 8.48. The van der Waals surface area contributed by atoms with Crippen LogP contribution in [0.3, 0.4) is 0 Å². The molecule has 0 N–H and O–H groups in total. The van der Waals surface area contributed by atoms with Crippen LogP contribution >= 0.6 is 0 Å². The fraction of sp³-hybridized carbons (Fsp3) is 0.0909. The number of para-hydroxylation sites is 2. The number of nitrogens with zero attached hydrogens (tertiary/aromatic N) is 1. The summed E-state index contributed by atoms with van der Waals surface area (Å²) in [5, 5.41) is 7.70. The molecule has 3 heterocycles. The first-order valence-electron chi connectivity index (χ1n) is 12.3. The van der Waals surface area contributed by atoms with Gasteiger partial charge in [0.05, 0.1) is 16.6 Å². The van der Waals surface area contributed by atoms with Gasteiger partial charge >= 0.3 is 0 Å². The Labute approximate surface area is 201 Å². The molecule has 0 spiro atoms. The van der Waals surface area contributed by atoms with Gasteiger partial charge in [0, 0.05) is 43.8 Å². The molecule has 0 unspecified atom stereocenters. The standard InChI is InChI=1S/C33H21NO/c1-33(2)25-12-6-3-9-18(25)23-16-24-21-15-22-19-10-5-8-14-28(19)35-29(22)17-27(21)34-26-13-7-4-11-20(26)30(31(23)33)32(24)34/h3-17H,1-2H3. The molecule has 8 aromatic rings.